The molecule has 2 heterocycles. The van der Waals surface area contributed by atoms with E-state index in [4.69, 9.17) is 4.74 Å². The number of nitrogens with zero attached hydrogens (tertiary/aromatic N) is 1. The van der Waals surface area contributed by atoms with Crippen LogP contribution in [0.25, 0.3) is 0 Å². The third-order valence-electron chi connectivity index (χ3n) is 4.59. The smallest absolute Gasteiger partial charge is 0.0667 e. The standard InChI is InChI=1S/C16H32N2O2/c1-15(2,3)17-12-16(6-9-20-10-7-16)13-18-8-4-5-14(19)11-18/h14,17,19H,4-13H2,1-3H3. The van der Waals surface area contributed by atoms with Crippen molar-refractivity contribution in [1.82, 2.24) is 10.2 Å². The summed E-state index contributed by atoms with van der Waals surface area (Å²) >= 11 is 0. The lowest BCUT2D eigenvalue weighted by atomic mass is 9.78. The second-order valence-corrected chi connectivity index (χ2v) is 7.75. The summed E-state index contributed by atoms with van der Waals surface area (Å²) in [6.45, 7) is 12.6. The van der Waals surface area contributed by atoms with Gasteiger partial charge in [-0.15, -0.1) is 0 Å². The third-order valence-corrected chi connectivity index (χ3v) is 4.59. The van der Waals surface area contributed by atoms with Gasteiger partial charge in [-0.2, -0.15) is 0 Å². The highest BCUT2D eigenvalue weighted by molar-refractivity contribution is 4.90. The Kier molecular flexibility index (Phi) is 5.46. The van der Waals surface area contributed by atoms with Crippen LogP contribution in [0.1, 0.15) is 46.5 Å². The number of hydrogen-bond acceptors (Lipinski definition) is 4. The molecule has 1 atom stereocenters. The first kappa shape index (κ1) is 16.2. The topological polar surface area (TPSA) is 44.7 Å². The summed E-state index contributed by atoms with van der Waals surface area (Å²) in [5.74, 6) is 0. The van der Waals surface area contributed by atoms with Crippen LogP contribution in [0.4, 0.5) is 0 Å². The minimum Gasteiger partial charge on any atom is -0.392 e. The van der Waals surface area contributed by atoms with Crippen LogP contribution in [0.15, 0.2) is 0 Å². The van der Waals surface area contributed by atoms with E-state index in [1.54, 1.807) is 0 Å². The maximum Gasteiger partial charge on any atom is 0.0667 e. The molecular weight excluding hydrogens is 252 g/mol. The predicted molar refractivity (Wildman–Crippen MR) is 81.9 cm³/mol. The minimum absolute atomic E-state index is 0.129. The van der Waals surface area contributed by atoms with Gasteiger partial charge in [0.2, 0.25) is 0 Å². The van der Waals surface area contributed by atoms with Crippen molar-refractivity contribution < 1.29 is 9.84 Å². The minimum atomic E-state index is -0.129. The number of ether oxygens (including phenoxy) is 1. The van der Waals surface area contributed by atoms with E-state index in [-0.39, 0.29) is 11.6 Å². The molecule has 2 aliphatic rings. The fraction of sp³-hybridized carbons (Fsp3) is 1.00. The van der Waals surface area contributed by atoms with E-state index in [0.717, 1.165) is 65.1 Å². The van der Waals surface area contributed by atoms with Gasteiger partial charge in [0.1, 0.15) is 0 Å². The summed E-state index contributed by atoms with van der Waals surface area (Å²) in [7, 11) is 0. The van der Waals surface area contributed by atoms with Crippen molar-refractivity contribution in [2.75, 3.05) is 39.4 Å². The van der Waals surface area contributed by atoms with E-state index in [1.165, 1.54) is 0 Å². The first-order chi connectivity index (χ1) is 9.39. The Labute approximate surface area is 123 Å². The largest absolute Gasteiger partial charge is 0.392 e. The van der Waals surface area contributed by atoms with Gasteiger partial charge in [0.05, 0.1) is 6.10 Å². The molecule has 0 spiro atoms. The molecule has 0 aromatic rings. The highest BCUT2D eigenvalue weighted by Gasteiger charge is 2.36. The van der Waals surface area contributed by atoms with Crippen molar-refractivity contribution >= 4 is 0 Å². The van der Waals surface area contributed by atoms with Crippen LogP contribution < -0.4 is 5.32 Å². The maximum atomic E-state index is 9.87. The Morgan fingerprint density at radius 2 is 2.00 bits per heavy atom. The van der Waals surface area contributed by atoms with Crippen molar-refractivity contribution in [3.63, 3.8) is 0 Å². The highest BCUT2D eigenvalue weighted by atomic mass is 16.5. The van der Waals surface area contributed by atoms with Crippen LogP contribution in [0, 0.1) is 5.41 Å². The Hall–Kier alpha value is -0.160. The number of rotatable bonds is 4. The fourth-order valence-electron chi connectivity index (χ4n) is 3.30. The molecule has 0 saturated carbocycles. The zero-order valence-electron chi connectivity index (χ0n) is 13.5. The molecule has 2 saturated heterocycles. The molecule has 0 radical (unpaired) electrons. The van der Waals surface area contributed by atoms with Crippen LogP contribution in [-0.4, -0.2) is 61.0 Å². The number of likely N-dealkylation sites (tertiary alicyclic amines) is 1. The molecule has 2 rings (SSSR count). The molecule has 2 aliphatic heterocycles. The highest BCUT2D eigenvalue weighted by Crippen LogP contribution is 2.32. The summed E-state index contributed by atoms with van der Waals surface area (Å²) in [6.07, 6.45) is 4.22. The van der Waals surface area contributed by atoms with E-state index >= 15 is 0 Å². The molecule has 0 aliphatic carbocycles. The molecule has 0 amide bonds. The first-order valence-corrected chi connectivity index (χ1v) is 8.12. The molecule has 0 bridgehead atoms. The molecule has 1 unspecified atom stereocenters. The molecular formula is C16H32N2O2. The predicted octanol–water partition coefficient (Wildman–Crippen LogP) is 1.63. The van der Waals surface area contributed by atoms with Crippen LogP contribution >= 0.6 is 0 Å². The summed E-state index contributed by atoms with van der Waals surface area (Å²) < 4.78 is 5.57. The average molecular weight is 284 g/mol. The van der Waals surface area contributed by atoms with Gasteiger partial charge in [-0.3, -0.25) is 0 Å². The van der Waals surface area contributed by atoms with Crippen molar-refractivity contribution in [2.24, 2.45) is 5.41 Å². The van der Waals surface area contributed by atoms with Gasteiger partial charge >= 0.3 is 0 Å². The van der Waals surface area contributed by atoms with Gasteiger partial charge in [0, 0.05) is 38.4 Å². The van der Waals surface area contributed by atoms with Crippen LogP contribution in [0.2, 0.25) is 0 Å². The summed E-state index contributed by atoms with van der Waals surface area (Å²) in [6, 6.07) is 0. The SMILES string of the molecule is CC(C)(C)NCC1(CN2CCCC(O)C2)CCOCC1. The Morgan fingerprint density at radius 3 is 2.60 bits per heavy atom. The third kappa shape index (κ3) is 4.99. The second kappa shape index (κ2) is 6.73. The van der Waals surface area contributed by atoms with Gasteiger partial charge in [-0.25, -0.2) is 0 Å². The molecule has 2 N–H and O–H groups in total. The maximum absolute atomic E-state index is 9.87. The van der Waals surface area contributed by atoms with E-state index in [0.29, 0.717) is 5.41 Å². The first-order valence-electron chi connectivity index (χ1n) is 8.12. The number of nitrogens with one attached hydrogen (secondary N) is 1. The van der Waals surface area contributed by atoms with Gasteiger partial charge in [-0.05, 0) is 58.4 Å². The lowest BCUT2D eigenvalue weighted by Gasteiger charge is -2.44. The van der Waals surface area contributed by atoms with E-state index in [1.807, 2.05) is 0 Å². The van der Waals surface area contributed by atoms with Crippen LogP contribution in [0.5, 0.6) is 0 Å². The van der Waals surface area contributed by atoms with Gasteiger partial charge in [-0.1, -0.05) is 0 Å². The molecule has 0 aromatic carbocycles. The second-order valence-electron chi connectivity index (χ2n) is 7.75. The van der Waals surface area contributed by atoms with Gasteiger partial charge < -0.3 is 20.1 Å². The van der Waals surface area contributed by atoms with Gasteiger partial charge in [0.25, 0.3) is 0 Å². The number of piperidine rings is 1. The van der Waals surface area contributed by atoms with Crippen LogP contribution in [-0.2, 0) is 4.74 Å². The Morgan fingerprint density at radius 1 is 1.30 bits per heavy atom. The molecule has 4 nitrogen and oxygen atoms in total. The van der Waals surface area contributed by atoms with E-state index in [9.17, 15) is 5.11 Å². The quantitative estimate of drug-likeness (QED) is 0.823. The lowest BCUT2D eigenvalue weighted by molar-refractivity contribution is -0.0222. The Bertz CT molecular complexity index is 295. The van der Waals surface area contributed by atoms with Crippen LogP contribution in [0.3, 0.4) is 0 Å². The zero-order chi connectivity index (χ0) is 14.6. The average Bonchev–Trinajstić information content (AvgIpc) is 2.37. The molecule has 20 heavy (non-hydrogen) atoms. The molecule has 0 aromatic heterocycles. The number of β-amino-alcohol motifs (C(OH)–C–C–N with tert-alkyl or cyclic N) is 1. The summed E-state index contributed by atoms with van der Waals surface area (Å²) in [5.41, 5.74) is 0.468. The van der Waals surface area contributed by atoms with E-state index < -0.39 is 0 Å². The normalized spacial score (nSPS) is 28.5. The molecule has 118 valence electrons. The number of aliphatic hydroxyl groups is 1. The molecule has 2 fully saturated rings. The molecule has 4 heteroatoms. The van der Waals surface area contributed by atoms with Gasteiger partial charge in [0.15, 0.2) is 0 Å². The number of aliphatic hydroxyl groups excluding tert-OH is 1. The zero-order valence-corrected chi connectivity index (χ0v) is 13.5. The van der Waals surface area contributed by atoms with Crippen molar-refractivity contribution in [1.29, 1.82) is 0 Å². The van der Waals surface area contributed by atoms with Crippen molar-refractivity contribution in [2.45, 2.75) is 58.1 Å². The fourth-order valence-corrected chi connectivity index (χ4v) is 3.30. The summed E-state index contributed by atoms with van der Waals surface area (Å²) in [5, 5.41) is 13.6. The lowest BCUT2D eigenvalue weighted by Crippen LogP contribution is -2.53. The van der Waals surface area contributed by atoms with Crippen molar-refractivity contribution in [3.8, 4) is 0 Å². The number of hydrogen-bond donors (Lipinski definition) is 2. The van der Waals surface area contributed by atoms with Crippen molar-refractivity contribution in [3.05, 3.63) is 0 Å². The monoisotopic (exact) mass is 284 g/mol. The summed E-state index contributed by atoms with van der Waals surface area (Å²) in [4.78, 5) is 2.46. The Balaban J connectivity index is 1.95. The van der Waals surface area contributed by atoms with E-state index in [2.05, 4.69) is 31.0 Å².